The fourth-order valence-electron chi connectivity index (χ4n) is 3.61. The third kappa shape index (κ3) is 5.99. The Balaban J connectivity index is 1.26. The maximum atomic E-state index is 12.8. The first kappa shape index (κ1) is 22.1. The quantitative estimate of drug-likeness (QED) is 0.280. The Morgan fingerprint density at radius 3 is 2.66 bits per heavy atom. The van der Waals surface area contributed by atoms with Gasteiger partial charge in [0.15, 0.2) is 0 Å². The lowest BCUT2D eigenvalue weighted by Crippen LogP contribution is -2.28. The van der Waals surface area contributed by atoms with Crippen LogP contribution in [0.3, 0.4) is 0 Å². The number of pyridine rings is 1. The minimum atomic E-state index is -0.0196. The molecule has 0 saturated carbocycles. The molecule has 4 rings (SSSR count). The predicted octanol–water partition coefficient (Wildman–Crippen LogP) is 4.88. The zero-order chi connectivity index (χ0) is 22.2. The molecule has 0 bridgehead atoms. The number of nitrogens with one attached hydrogen (secondary N) is 1. The van der Waals surface area contributed by atoms with Crippen LogP contribution >= 0.6 is 11.8 Å². The van der Waals surface area contributed by atoms with Gasteiger partial charge in [-0.05, 0) is 49.8 Å². The van der Waals surface area contributed by atoms with Gasteiger partial charge in [-0.3, -0.25) is 4.79 Å². The van der Waals surface area contributed by atoms with Crippen molar-refractivity contribution < 1.29 is 4.79 Å². The number of carbonyl (C=O) groups excluding carboxylic acids is 1. The maximum Gasteiger partial charge on any atom is 0.252 e. The number of amides is 1. The van der Waals surface area contributed by atoms with E-state index in [1.807, 2.05) is 65.3 Å². The molecular weight excluding hydrogens is 416 g/mol. The highest BCUT2D eigenvalue weighted by molar-refractivity contribution is 7.98. The lowest BCUT2D eigenvalue weighted by molar-refractivity contribution is 0.0949. The van der Waals surface area contributed by atoms with E-state index in [2.05, 4.69) is 46.5 Å². The van der Waals surface area contributed by atoms with Gasteiger partial charge in [0.25, 0.3) is 5.91 Å². The first-order chi connectivity index (χ1) is 15.7. The summed E-state index contributed by atoms with van der Waals surface area (Å²) in [5.41, 5.74) is 3.96. The van der Waals surface area contributed by atoms with Crippen LogP contribution in [-0.2, 0) is 12.3 Å². The number of thioether (sulfide) groups is 1. The van der Waals surface area contributed by atoms with Gasteiger partial charge in [0.05, 0.1) is 11.3 Å². The van der Waals surface area contributed by atoms with Gasteiger partial charge in [-0.2, -0.15) is 0 Å². The van der Waals surface area contributed by atoms with Crippen molar-refractivity contribution in [3.05, 3.63) is 102 Å². The summed E-state index contributed by atoms with van der Waals surface area (Å²) < 4.78 is 2.02. The second-order valence-electron chi connectivity index (χ2n) is 7.82. The van der Waals surface area contributed by atoms with Crippen LogP contribution < -0.4 is 5.32 Å². The molecule has 164 valence electrons. The highest BCUT2D eigenvalue weighted by Gasteiger charge is 2.12. The highest BCUT2D eigenvalue weighted by atomic mass is 32.2. The number of hydrogen-bond acceptors (Lipinski definition) is 4. The molecule has 1 amide bonds. The molecule has 32 heavy (non-hydrogen) atoms. The molecule has 0 aliphatic heterocycles. The molecule has 0 fully saturated rings. The Labute approximate surface area is 193 Å². The summed E-state index contributed by atoms with van der Waals surface area (Å²) in [5, 5.41) is 3.08. The topological polar surface area (TPSA) is 49.6 Å². The molecule has 2 heterocycles. The molecule has 0 spiro atoms. The van der Waals surface area contributed by atoms with Crippen molar-refractivity contribution in [2.24, 2.45) is 0 Å². The second-order valence-corrected chi connectivity index (χ2v) is 8.83. The number of benzene rings is 2. The zero-order valence-electron chi connectivity index (χ0n) is 18.3. The summed E-state index contributed by atoms with van der Waals surface area (Å²) in [7, 11) is 2.11. The Bertz CT molecular complexity index is 1130. The van der Waals surface area contributed by atoms with Crippen LogP contribution in [0.4, 0.5) is 0 Å². The number of rotatable bonds is 10. The Morgan fingerprint density at radius 2 is 1.81 bits per heavy atom. The van der Waals surface area contributed by atoms with E-state index >= 15 is 0 Å². The van der Waals surface area contributed by atoms with E-state index in [4.69, 9.17) is 0 Å². The second kappa shape index (κ2) is 11.0. The first-order valence-corrected chi connectivity index (χ1v) is 11.8. The van der Waals surface area contributed by atoms with Crippen molar-refractivity contribution >= 4 is 23.3 Å². The van der Waals surface area contributed by atoms with E-state index < -0.39 is 0 Å². The van der Waals surface area contributed by atoms with Crippen LogP contribution in [-0.4, -0.2) is 40.3 Å². The van der Waals surface area contributed by atoms with Gasteiger partial charge in [0.2, 0.25) is 0 Å². The van der Waals surface area contributed by atoms with Gasteiger partial charge in [-0.1, -0.05) is 48.5 Å². The average Bonchev–Trinajstić information content (AvgIpc) is 3.24. The molecule has 0 atom stereocenters. The molecule has 0 aliphatic carbocycles. The minimum Gasteiger partial charge on any atom is -0.352 e. The van der Waals surface area contributed by atoms with Crippen molar-refractivity contribution in [1.29, 1.82) is 0 Å². The van der Waals surface area contributed by atoms with Crippen LogP contribution in [0.15, 0.2) is 90.1 Å². The van der Waals surface area contributed by atoms with Gasteiger partial charge >= 0.3 is 0 Å². The zero-order valence-corrected chi connectivity index (χ0v) is 19.1. The third-order valence-corrected chi connectivity index (χ3v) is 6.33. The number of fused-ring (bicyclic) bond motifs is 1. The summed E-state index contributed by atoms with van der Waals surface area (Å²) in [5.74, 6) is 0.699. The molecule has 2 aromatic heterocycles. The number of nitrogens with zero attached hydrogens (tertiary/aromatic N) is 3. The SMILES string of the molecule is CN(CCCNC(=O)c1ccccc1SCc1cn2ccccc2n1)Cc1ccccc1. The molecule has 2 aromatic carbocycles. The van der Waals surface area contributed by atoms with Gasteiger partial charge in [0, 0.05) is 36.1 Å². The summed E-state index contributed by atoms with van der Waals surface area (Å²) in [6.07, 6.45) is 4.94. The molecule has 6 heteroatoms. The number of hydrogen-bond donors (Lipinski definition) is 1. The fraction of sp³-hybridized carbons (Fsp3) is 0.231. The van der Waals surface area contributed by atoms with Crippen LogP contribution in [0.2, 0.25) is 0 Å². The van der Waals surface area contributed by atoms with Gasteiger partial charge in [0.1, 0.15) is 5.65 Å². The van der Waals surface area contributed by atoms with Gasteiger partial charge in [-0.25, -0.2) is 4.98 Å². The number of aromatic nitrogens is 2. The summed E-state index contributed by atoms with van der Waals surface area (Å²) in [4.78, 5) is 20.7. The molecule has 1 N–H and O–H groups in total. The predicted molar refractivity (Wildman–Crippen MR) is 131 cm³/mol. The van der Waals surface area contributed by atoms with Crippen molar-refractivity contribution in [3.63, 3.8) is 0 Å². The normalized spacial score (nSPS) is 11.2. The molecule has 0 aliphatic rings. The molecule has 0 saturated heterocycles. The van der Waals surface area contributed by atoms with Gasteiger partial charge in [-0.15, -0.1) is 11.8 Å². The van der Waals surface area contributed by atoms with E-state index in [0.29, 0.717) is 6.54 Å². The van der Waals surface area contributed by atoms with Crippen LogP contribution in [0.25, 0.3) is 5.65 Å². The summed E-state index contributed by atoms with van der Waals surface area (Å²) in [6, 6.07) is 24.2. The monoisotopic (exact) mass is 444 g/mol. The van der Waals surface area contributed by atoms with E-state index in [1.165, 1.54) is 5.56 Å². The van der Waals surface area contributed by atoms with Crippen molar-refractivity contribution in [2.45, 2.75) is 23.6 Å². The fourth-order valence-corrected chi connectivity index (χ4v) is 4.54. The number of carbonyl (C=O) groups is 1. The summed E-state index contributed by atoms with van der Waals surface area (Å²) in [6.45, 7) is 2.50. The Morgan fingerprint density at radius 1 is 1.03 bits per heavy atom. The maximum absolute atomic E-state index is 12.8. The molecular formula is C26H28N4OS. The van der Waals surface area contributed by atoms with Crippen LogP contribution in [0, 0.1) is 0 Å². The summed E-state index contributed by atoms with van der Waals surface area (Å²) >= 11 is 1.64. The highest BCUT2D eigenvalue weighted by Crippen LogP contribution is 2.26. The Kier molecular flexibility index (Phi) is 7.59. The lowest BCUT2D eigenvalue weighted by Gasteiger charge is -2.17. The third-order valence-electron chi connectivity index (χ3n) is 5.22. The van der Waals surface area contributed by atoms with Crippen LogP contribution in [0.1, 0.15) is 28.0 Å². The number of imidazole rings is 1. The lowest BCUT2D eigenvalue weighted by atomic mass is 10.2. The van der Waals surface area contributed by atoms with Crippen molar-refractivity contribution in [2.75, 3.05) is 20.1 Å². The molecule has 5 nitrogen and oxygen atoms in total. The average molecular weight is 445 g/mol. The molecule has 4 aromatic rings. The smallest absolute Gasteiger partial charge is 0.252 e. The van der Waals surface area contributed by atoms with Crippen LogP contribution in [0.5, 0.6) is 0 Å². The first-order valence-electron chi connectivity index (χ1n) is 10.8. The van der Waals surface area contributed by atoms with E-state index in [-0.39, 0.29) is 5.91 Å². The van der Waals surface area contributed by atoms with Crippen molar-refractivity contribution in [3.8, 4) is 0 Å². The Hall–Kier alpha value is -3.09. The van der Waals surface area contributed by atoms with Crippen molar-refractivity contribution in [1.82, 2.24) is 19.6 Å². The standard InChI is InChI=1S/C26H28N4OS/c1-29(18-21-10-3-2-4-11-21)16-9-15-27-26(31)23-12-5-6-13-24(23)32-20-22-19-30-17-8-7-14-25(30)28-22/h2-8,10-14,17,19H,9,15-16,18,20H2,1H3,(H,27,31). The minimum absolute atomic E-state index is 0.0196. The van der Waals surface area contributed by atoms with E-state index in [1.54, 1.807) is 11.8 Å². The molecule has 0 unspecified atom stereocenters. The van der Waals surface area contributed by atoms with E-state index in [0.717, 1.165) is 47.1 Å². The van der Waals surface area contributed by atoms with E-state index in [9.17, 15) is 4.79 Å². The van der Waals surface area contributed by atoms with Gasteiger partial charge < -0.3 is 14.6 Å². The molecule has 0 radical (unpaired) electrons. The largest absolute Gasteiger partial charge is 0.352 e.